The summed E-state index contributed by atoms with van der Waals surface area (Å²) in [6, 6.07) is 16.2. The molecule has 0 unspecified atom stereocenters. The Hall–Kier alpha value is -4.25. The first-order valence-electron chi connectivity index (χ1n) is 13.5. The first-order chi connectivity index (χ1) is 20.0. The Morgan fingerprint density at radius 3 is 2.36 bits per heavy atom. The van der Waals surface area contributed by atoms with Crippen molar-refractivity contribution >= 4 is 17.7 Å². The minimum Gasteiger partial charge on any atom is -0.353 e. The van der Waals surface area contributed by atoms with E-state index in [1.54, 1.807) is 24.3 Å². The second kappa shape index (κ2) is 11.6. The average molecular weight is 584 g/mol. The van der Waals surface area contributed by atoms with Crippen molar-refractivity contribution in [1.82, 2.24) is 15.1 Å². The van der Waals surface area contributed by atoms with E-state index in [1.807, 2.05) is 13.0 Å². The van der Waals surface area contributed by atoms with Crippen molar-refractivity contribution < 1.29 is 36.7 Å². The van der Waals surface area contributed by atoms with Gasteiger partial charge >= 0.3 is 6.18 Å². The zero-order valence-corrected chi connectivity index (χ0v) is 22.8. The van der Waals surface area contributed by atoms with E-state index in [0.717, 1.165) is 17.7 Å². The Morgan fingerprint density at radius 2 is 1.67 bits per heavy atom. The number of alkyl halides is 3. The fourth-order valence-electron chi connectivity index (χ4n) is 5.51. The number of halogens is 4. The fraction of sp³-hybridized carbons (Fsp3) is 0.323. The predicted octanol–water partition coefficient (Wildman–Crippen LogP) is 4.94. The standard InChI is InChI=1S/C31H29F4N3O4/c1-20-6-4-8-22(16-20)28(40)38-26(27(39)36-18-21-7-5-9-23(17-21)31(33,34)35)19-42-30(38)12-14-37(15-13-30)29(41)24-10-2-3-11-25(24)32/h2-11,16-17,26H,12-15,18-19H2,1H3,(H,36,39)/t26-/m0/s1. The van der Waals surface area contributed by atoms with Crippen LogP contribution in [0.25, 0.3) is 0 Å². The number of nitrogens with one attached hydrogen (secondary N) is 1. The van der Waals surface area contributed by atoms with Gasteiger partial charge in [0.05, 0.1) is 17.7 Å². The lowest BCUT2D eigenvalue weighted by atomic mass is 9.95. The summed E-state index contributed by atoms with van der Waals surface area (Å²) in [5.41, 5.74) is -0.648. The normalized spacial score (nSPS) is 18.3. The van der Waals surface area contributed by atoms with Crippen molar-refractivity contribution in [2.75, 3.05) is 19.7 Å². The van der Waals surface area contributed by atoms with Crippen molar-refractivity contribution in [2.45, 2.75) is 44.3 Å². The molecule has 3 aromatic carbocycles. The monoisotopic (exact) mass is 583 g/mol. The lowest BCUT2D eigenvalue weighted by Crippen LogP contribution is -2.59. The predicted molar refractivity (Wildman–Crippen MR) is 145 cm³/mol. The highest BCUT2D eigenvalue weighted by atomic mass is 19.4. The van der Waals surface area contributed by atoms with Gasteiger partial charge < -0.3 is 15.0 Å². The second-order valence-corrected chi connectivity index (χ2v) is 10.5. The first kappa shape index (κ1) is 29.2. The third-order valence-corrected chi connectivity index (χ3v) is 7.70. The van der Waals surface area contributed by atoms with E-state index in [4.69, 9.17) is 4.74 Å². The number of carbonyl (C=O) groups is 3. The quantitative estimate of drug-likeness (QED) is 0.432. The van der Waals surface area contributed by atoms with E-state index in [0.29, 0.717) is 5.56 Å². The highest BCUT2D eigenvalue weighted by molar-refractivity contribution is 5.99. The molecule has 42 heavy (non-hydrogen) atoms. The smallest absolute Gasteiger partial charge is 0.353 e. The Morgan fingerprint density at radius 1 is 0.952 bits per heavy atom. The lowest BCUT2D eigenvalue weighted by Gasteiger charge is -2.44. The van der Waals surface area contributed by atoms with Crippen LogP contribution in [0.1, 0.15) is 50.2 Å². The molecule has 5 rings (SSSR count). The molecule has 0 aromatic heterocycles. The molecule has 1 atom stereocenters. The number of hydrogen-bond donors (Lipinski definition) is 1. The molecule has 1 N–H and O–H groups in total. The van der Waals surface area contributed by atoms with Crippen molar-refractivity contribution in [3.05, 3.63) is 106 Å². The second-order valence-electron chi connectivity index (χ2n) is 10.5. The number of nitrogens with zero attached hydrogens (tertiary/aromatic N) is 2. The largest absolute Gasteiger partial charge is 0.416 e. The topological polar surface area (TPSA) is 79.0 Å². The molecule has 7 nitrogen and oxygen atoms in total. The zero-order valence-electron chi connectivity index (χ0n) is 22.8. The van der Waals surface area contributed by atoms with Crippen LogP contribution in [0.15, 0.2) is 72.8 Å². The molecular weight excluding hydrogens is 554 g/mol. The lowest BCUT2D eigenvalue weighted by molar-refractivity contribution is -0.137. The van der Waals surface area contributed by atoms with Crippen LogP contribution in [0.3, 0.4) is 0 Å². The first-order valence-corrected chi connectivity index (χ1v) is 13.5. The molecule has 0 radical (unpaired) electrons. The van der Waals surface area contributed by atoms with E-state index in [1.165, 1.54) is 40.1 Å². The minimum atomic E-state index is -4.52. The van der Waals surface area contributed by atoms with E-state index in [9.17, 15) is 31.9 Å². The molecule has 2 fully saturated rings. The highest BCUT2D eigenvalue weighted by Crippen LogP contribution is 2.39. The van der Waals surface area contributed by atoms with Gasteiger partial charge in [0.25, 0.3) is 11.8 Å². The third kappa shape index (κ3) is 5.87. The number of amides is 3. The van der Waals surface area contributed by atoms with Crippen LogP contribution in [0.4, 0.5) is 17.6 Å². The fourth-order valence-corrected chi connectivity index (χ4v) is 5.51. The molecule has 3 aromatic rings. The molecule has 1 spiro atoms. The molecule has 11 heteroatoms. The van der Waals surface area contributed by atoms with Crippen LogP contribution in [0, 0.1) is 12.7 Å². The van der Waals surface area contributed by atoms with Crippen molar-refractivity contribution in [1.29, 1.82) is 0 Å². The Kier molecular flexibility index (Phi) is 8.05. The van der Waals surface area contributed by atoms with Gasteiger partial charge in [0, 0.05) is 38.0 Å². The van der Waals surface area contributed by atoms with Gasteiger partial charge in [-0.05, 0) is 48.9 Å². The van der Waals surface area contributed by atoms with Gasteiger partial charge in [0.1, 0.15) is 17.6 Å². The molecule has 2 saturated heterocycles. The summed E-state index contributed by atoms with van der Waals surface area (Å²) in [7, 11) is 0. The number of aryl methyl sites for hydroxylation is 1. The van der Waals surface area contributed by atoms with Gasteiger partial charge in [-0.3, -0.25) is 19.3 Å². The number of likely N-dealkylation sites (tertiary alicyclic amines) is 1. The summed E-state index contributed by atoms with van der Waals surface area (Å²) in [6.07, 6.45) is -4.16. The number of carbonyl (C=O) groups excluding carboxylic acids is 3. The zero-order chi connectivity index (χ0) is 30.1. The summed E-state index contributed by atoms with van der Waals surface area (Å²) in [4.78, 5) is 43.2. The average Bonchev–Trinajstić information content (AvgIpc) is 3.34. The molecule has 2 heterocycles. The van der Waals surface area contributed by atoms with Gasteiger partial charge in [-0.1, -0.05) is 42.0 Å². The van der Waals surface area contributed by atoms with Crippen molar-refractivity contribution in [2.24, 2.45) is 0 Å². The number of hydrogen-bond acceptors (Lipinski definition) is 4. The van der Waals surface area contributed by atoms with Crippen molar-refractivity contribution in [3.63, 3.8) is 0 Å². The maximum atomic E-state index is 14.3. The third-order valence-electron chi connectivity index (χ3n) is 7.70. The van der Waals surface area contributed by atoms with E-state index >= 15 is 0 Å². The number of rotatable bonds is 5. The Balaban J connectivity index is 1.36. The molecule has 3 amide bonds. The number of piperidine rings is 1. The Labute approximate surface area is 240 Å². The molecule has 2 aliphatic heterocycles. The van der Waals surface area contributed by atoms with Crippen LogP contribution in [-0.4, -0.2) is 59.0 Å². The van der Waals surface area contributed by atoms with Crippen LogP contribution >= 0.6 is 0 Å². The van der Waals surface area contributed by atoms with E-state index < -0.39 is 47.0 Å². The molecule has 2 aliphatic rings. The highest BCUT2D eigenvalue weighted by Gasteiger charge is 2.54. The summed E-state index contributed by atoms with van der Waals surface area (Å²) < 4.78 is 59.9. The summed E-state index contributed by atoms with van der Waals surface area (Å²) >= 11 is 0. The van der Waals surface area contributed by atoms with Crippen LogP contribution in [0.2, 0.25) is 0 Å². The Bertz CT molecular complexity index is 1500. The number of benzene rings is 3. The molecule has 0 bridgehead atoms. The maximum absolute atomic E-state index is 14.3. The summed E-state index contributed by atoms with van der Waals surface area (Å²) in [5.74, 6) is -2.12. The van der Waals surface area contributed by atoms with Gasteiger partial charge in [-0.15, -0.1) is 0 Å². The van der Waals surface area contributed by atoms with Gasteiger partial charge in [-0.2, -0.15) is 13.2 Å². The van der Waals surface area contributed by atoms with E-state index in [-0.39, 0.29) is 50.2 Å². The van der Waals surface area contributed by atoms with Crippen LogP contribution in [-0.2, 0) is 22.3 Å². The molecule has 220 valence electrons. The van der Waals surface area contributed by atoms with Crippen molar-refractivity contribution in [3.8, 4) is 0 Å². The van der Waals surface area contributed by atoms with Crippen LogP contribution < -0.4 is 5.32 Å². The van der Waals surface area contributed by atoms with E-state index in [2.05, 4.69) is 5.32 Å². The molecular formula is C31H29F4N3O4. The minimum absolute atomic E-state index is 0.0552. The molecule has 0 saturated carbocycles. The van der Waals surface area contributed by atoms with Gasteiger partial charge in [0.2, 0.25) is 5.91 Å². The van der Waals surface area contributed by atoms with Gasteiger partial charge in [-0.25, -0.2) is 4.39 Å². The van der Waals surface area contributed by atoms with Gasteiger partial charge in [0.15, 0.2) is 0 Å². The maximum Gasteiger partial charge on any atom is 0.416 e. The summed E-state index contributed by atoms with van der Waals surface area (Å²) in [6.45, 7) is 1.84. The summed E-state index contributed by atoms with van der Waals surface area (Å²) in [5, 5.41) is 2.66. The molecule has 0 aliphatic carbocycles. The van der Waals surface area contributed by atoms with Crippen LogP contribution in [0.5, 0.6) is 0 Å². The number of ether oxygens (including phenoxy) is 1. The SMILES string of the molecule is Cc1cccc(C(=O)N2[C@H](C(=O)NCc3cccc(C(F)(F)F)c3)COC23CCN(C(=O)c2ccccc2F)CC3)c1.